The zero-order chi connectivity index (χ0) is 13.1. The van der Waals surface area contributed by atoms with E-state index in [2.05, 4.69) is 46.6 Å². The van der Waals surface area contributed by atoms with E-state index < -0.39 is 0 Å². The Morgan fingerprint density at radius 2 is 2.32 bits per heavy atom. The third kappa shape index (κ3) is 3.36. The maximum Gasteiger partial charge on any atom is 0.227 e. The van der Waals surface area contributed by atoms with Gasteiger partial charge in [-0.15, -0.1) is 11.8 Å². The lowest BCUT2D eigenvalue weighted by Crippen LogP contribution is -2.43. The van der Waals surface area contributed by atoms with Crippen molar-refractivity contribution in [3.8, 4) is 0 Å². The van der Waals surface area contributed by atoms with Crippen molar-refractivity contribution >= 4 is 11.8 Å². The third-order valence-electron chi connectivity index (χ3n) is 3.20. The first-order valence-corrected chi connectivity index (χ1v) is 7.50. The molecule has 1 N–H and O–H groups in total. The molecule has 3 rings (SSSR count). The zero-order valence-corrected chi connectivity index (χ0v) is 11.7. The molecular formula is C14H17N3OS. The number of benzene rings is 1. The second kappa shape index (κ2) is 5.75. The number of aromatic nitrogens is 2. The minimum absolute atomic E-state index is 0.665. The maximum atomic E-state index is 5.28. The summed E-state index contributed by atoms with van der Waals surface area (Å²) in [5, 5.41) is 7.28. The summed E-state index contributed by atoms with van der Waals surface area (Å²) in [6, 6.07) is 8.45. The van der Waals surface area contributed by atoms with Gasteiger partial charge in [-0.3, -0.25) is 0 Å². The van der Waals surface area contributed by atoms with Gasteiger partial charge in [-0.25, -0.2) is 0 Å². The molecule has 1 saturated heterocycles. The van der Waals surface area contributed by atoms with Gasteiger partial charge in [0.25, 0.3) is 0 Å². The van der Waals surface area contributed by atoms with Gasteiger partial charge in [-0.05, 0) is 38.1 Å². The van der Waals surface area contributed by atoms with Crippen LogP contribution in [0.2, 0.25) is 0 Å². The van der Waals surface area contributed by atoms with Gasteiger partial charge in [-0.2, -0.15) is 4.98 Å². The summed E-state index contributed by atoms with van der Waals surface area (Å²) in [7, 11) is 0. The fraction of sp³-hybridized carbons (Fsp3) is 0.429. The molecule has 1 aliphatic rings. The number of thioether (sulfide) groups is 1. The highest BCUT2D eigenvalue weighted by Crippen LogP contribution is 2.22. The molecule has 0 radical (unpaired) electrons. The highest BCUT2D eigenvalue weighted by molar-refractivity contribution is 7.98. The van der Waals surface area contributed by atoms with Gasteiger partial charge in [0.05, 0.1) is 5.75 Å². The summed E-state index contributed by atoms with van der Waals surface area (Å²) >= 11 is 1.74. The van der Waals surface area contributed by atoms with Crippen LogP contribution in [0.5, 0.6) is 0 Å². The smallest absolute Gasteiger partial charge is 0.227 e. The number of hydrogen-bond acceptors (Lipinski definition) is 5. The minimum Gasteiger partial charge on any atom is -0.339 e. The average molecular weight is 275 g/mol. The molecule has 0 atom stereocenters. The number of nitrogens with zero attached hydrogens (tertiary/aromatic N) is 2. The summed E-state index contributed by atoms with van der Waals surface area (Å²) in [6.07, 6.45) is 0.898. The lowest BCUT2D eigenvalue weighted by molar-refractivity contribution is 0.295. The van der Waals surface area contributed by atoms with Crippen LogP contribution in [0.15, 0.2) is 33.7 Å². The molecular weight excluding hydrogens is 258 g/mol. The molecule has 0 amide bonds. The predicted molar refractivity (Wildman–Crippen MR) is 75.1 cm³/mol. The van der Waals surface area contributed by atoms with E-state index in [0.29, 0.717) is 5.92 Å². The van der Waals surface area contributed by atoms with Gasteiger partial charge in [0.2, 0.25) is 5.89 Å². The molecule has 0 bridgehead atoms. The predicted octanol–water partition coefficient (Wildman–Crippen LogP) is 2.43. The Morgan fingerprint density at radius 3 is 3.05 bits per heavy atom. The zero-order valence-electron chi connectivity index (χ0n) is 10.9. The van der Waals surface area contributed by atoms with E-state index in [9.17, 15) is 0 Å². The van der Waals surface area contributed by atoms with Crippen molar-refractivity contribution in [1.82, 2.24) is 15.5 Å². The number of nitrogens with one attached hydrogen (secondary N) is 1. The Morgan fingerprint density at radius 1 is 1.42 bits per heavy atom. The van der Waals surface area contributed by atoms with Crippen LogP contribution in [0.25, 0.3) is 0 Å². The maximum absolute atomic E-state index is 5.28. The van der Waals surface area contributed by atoms with Crippen LogP contribution in [0.4, 0.5) is 0 Å². The van der Waals surface area contributed by atoms with Gasteiger partial charge in [-0.1, -0.05) is 22.9 Å². The number of hydrogen-bond donors (Lipinski definition) is 1. The first-order valence-electron chi connectivity index (χ1n) is 6.51. The molecule has 5 heteroatoms. The number of aryl methyl sites for hydroxylation is 1. The van der Waals surface area contributed by atoms with E-state index in [4.69, 9.17) is 4.52 Å². The van der Waals surface area contributed by atoms with E-state index >= 15 is 0 Å². The van der Waals surface area contributed by atoms with Crippen LogP contribution >= 0.6 is 11.8 Å². The van der Waals surface area contributed by atoms with E-state index in [1.165, 1.54) is 10.5 Å². The first-order chi connectivity index (χ1) is 9.29. The third-order valence-corrected chi connectivity index (χ3v) is 4.19. The van der Waals surface area contributed by atoms with Gasteiger partial charge in [0.15, 0.2) is 5.82 Å². The largest absolute Gasteiger partial charge is 0.339 e. The average Bonchev–Trinajstić information content (AvgIpc) is 2.79. The van der Waals surface area contributed by atoms with Crippen molar-refractivity contribution in [3.63, 3.8) is 0 Å². The highest BCUT2D eigenvalue weighted by Gasteiger charge is 2.20. The first kappa shape index (κ1) is 12.7. The molecule has 0 saturated carbocycles. The molecule has 2 heterocycles. The minimum atomic E-state index is 0.665. The number of rotatable bonds is 5. The summed E-state index contributed by atoms with van der Waals surface area (Å²) in [6.45, 7) is 4.23. The highest BCUT2D eigenvalue weighted by atomic mass is 32.2. The quantitative estimate of drug-likeness (QED) is 0.849. The molecule has 0 unspecified atom stereocenters. The summed E-state index contributed by atoms with van der Waals surface area (Å²) in [5.41, 5.74) is 1.27. The van der Waals surface area contributed by atoms with E-state index in [0.717, 1.165) is 37.0 Å². The molecule has 100 valence electrons. The van der Waals surface area contributed by atoms with Crippen LogP contribution in [0.1, 0.15) is 17.3 Å². The standard InChI is InChI=1S/C14H17N3OS/c1-10-3-2-4-12(5-10)19-9-13-16-14(18-17-13)6-11-7-15-8-11/h2-5,11,15H,6-9H2,1H3. The Hall–Kier alpha value is -1.33. The van der Waals surface area contributed by atoms with E-state index in [-0.39, 0.29) is 0 Å². The summed E-state index contributed by atoms with van der Waals surface area (Å²) in [4.78, 5) is 5.69. The van der Waals surface area contributed by atoms with Crippen molar-refractivity contribution in [2.75, 3.05) is 13.1 Å². The Kier molecular flexibility index (Phi) is 3.84. The van der Waals surface area contributed by atoms with Crippen LogP contribution in [0, 0.1) is 12.8 Å². The molecule has 0 spiro atoms. The van der Waals surface area contributed by atoms with Gasteiger partial charge in [0, 0.05) is 11.3 Å². The molecule has 1 aromatic carbocycles. The molecule has 1 aliphatic heterocycles. The Labute approximate surface area is 117 Å². The van der Waals surface area contributed by atoms with Gasteiger partial charge in [0.1, 0.15) is 0 Å². The SMILES string of the molecule is Cc1cccc(SCc2noc(CC3CNC3)n2)c1. The molecule has 0 aliphatic carbocycles. The Balaban J connectivity index is 1.54. The molecule has 19 heavy (non-hydrogen) atoms. The fourth-order valence-electron chi connectivity index (χ4n) is 2.02. The van der Waals surface area contributed by atoms with E-state index in [1.807, 2.05) is 0 Å². The Bertz CT molecular complexity index is 551. The molecule has 1 aromatic heterocycles. The van der Waals surface area contributed by atoms with Crippen LogP contribution < -0.4 is 5.32 Å². The van der Waals surface area contributed by atoms with Gasteiger partial charge >= 0.3 is 0 Å². The summed E-state index contributed by atoms with van der Waals surface area (Å²) < 4.78 is 5.28. The van der Waals surface area contributed by atoms with Crippen molar-refractivity contribution in [2.45, 2.75) is 24.0 Å². The lowest BCUT2D eigenvalue weighted by atomic mass is 10.00. The normalized spacial score (nSPS) is 15.4. The van der Waals surface area contributed by atoms with Crippen LogP contribution in [-0.2, 0) is 12.2 Å². The van der Waals surface area contributed by atoms with Crippen molar-refractivity contribution in [3.05, 3.63) is 41.5 Å². The molecule has 4 nitrogen and oxygen atoms in total. The summed E-state index contributed by atoms with van der Waals surface area (Å²) in [5.74, 6) is 2.98. The van der Waals surface area contributed by atoms with Gasteiger partial charge < -0.3 is 9.84 Å². The second-order valence-electron chi connectivity index (χ2n) is 4.94. The monoisotopic (exact) mass is 275 g/mol. The molecule has 2 aromatic rings. The van der Waals surface area contributed by atoms with Crippen molar-refractivity contribution < 1.29 is 4.52 Å². The van der Waals surface area contributed by atoms with Crippen LogP contribution in [0.3, 0.4) is 0 Å². The lowest BCUT2D eigenvalue weighted by Gasteiger charge is -2.25. The fourth-order valence-corrected chi connectivity index (χ4v) is 2.88. The molecule has 1 fully saturated rings. The second-order valence-corrected chi connectivity index (χ2v) is 5.99. The van der Waals surface area contributed by atoms with Crippen molar-refractivity contribution in [1.29, 1.82) is 0 Å². The van der Waals surface area contributed by atoms with Crippen LogP contribution in [-0.4, -0.2) is 23.2 Å². The van der Waals surface area contributed by atoms with Crippen molar-refractivity contribution in [2.24, 2.45) is 5.92 Å². The van der Waals surface area contributed by atoms with E-state index in [1.54, 1.807) is 11.8 Å². The topological polar surface area (TPSA) is 51.0 Å².